The zero-order valence-corrected chi connectivity index (χ0v) is 9.60. The van der Waals surface area contributed by atoms with E-state index in [1.807, 2.05) is 25.3 Å². The Labute approximate surface area is 95.2 Å². The van der Waals surface area contributed by atoms with Gasteiger partial charge < -0.3 is 10.5 Å². The van der Waals surface area contributed by atoms with Gasteiger partial charge in [0.2, 0.25) is 0 Å². The monoisotopic (exact) mass is 216 g/mol. The second kappa shape index (κ2) is 4.49. The van der Waals surface area contributed by atoms with Gasteiger partial charge in [-0.3, -0.25) is 4.98 Å². The third-order valence-electron chi connectivity index (χ3n) is 2.63. The van der Waals surface area contributed by atoms with Gasteiger partial charge in [0.15, 0.2) is 0 Å². The van der Waals surface area contributed by atoms with Crippen LogP contribution in [-0.4, -0.2) is 18.1 Å². The molecular formula is C13H16N2O. The third kappa shape index (κ3) is 1.99. The van der Waals surface area contributed by atoms with Gasteiger partial charge in [0.1, 0.15) is 5.75 Å². The second-order valence-corrected chi connectivity index (χ2v) is 4.03. The van der Waals surface area contributed by atoms with Gasteiger partial charge in [0.05, 0.1) is 7.11 Å². The Balaban J connectivity index is 2.60. The van der Waals surface area contributed by atoms with E-state index in [1.54, 1.807) is 13.3 Å². The SMILES string of the molecule is COc1ccc(CC(C)N)c2cnccc12. The first-order chi connectivity index (χ1) is 7.72. The maximum absolute atomic E-state index is 5.83. The molecule has 1 aromatic carbocycles. The summed E-state index contributed by atoms with van der Waals surface area (Å²) < 4.78 is 5.33. The summed E-state index contributed by atoms with van der Waals surface area (Å²) in [6, 6.07) is 6.17. The number of fused-ring (bicyclic) bond motifs is 1. The van der Waals surface area contributed by atoms with E-state index in [-0.39, 0.29) is 6.04 Å². The summed E-state index contributed by atoms with van der Waals surface area (Å²) in [4.78, 5) is 4.16. The molecule has 16 heavy (non-hydrogen) atoms. The van der Waals surface area contributed by atoms with Crippen molar-refractivity contribution in [2.75, 3.05) is 7.11 Å². The van der Waals surface area contributed by atoms with Crippen molar-refractivity contribution >= 4 is 10.8 Å². The minimum atomic E-state index is 0.150. The van der Waals surface area contributed by atoms with Crippen molar-refractivity contribution in [1.82, 2.24) is 4.98 Å². The highest BCUT2D eigenvalue weighted by atomic mass is 16.5. The van der Waals surface area contributed by atoms with E-state index in [4.69, 9.17) is 10.5 Å². The molecule has 0 saturated heterocycles. The molecule has 0 spiro atoms. The average Bonchev–Trinajstić information content (AvgIpc) is 2.29. The molecule has 0 saturated carbocycles. The molecule has 1 heterocycles. The molecule has 1 atom stereocenters. The predicted octanol–water partition coefficient (Wildman–Crippen LogP) is 2.13. The Morgan fingerprint density at radius 2 is 2.12 bits per heavy atom. The fraction of sp³-hybridized carbons (Fsp3) is 0.308. The number of benzene rings is 1. The lowest BCUT2D eigenvalue weighted by Gasteiger charge is -2.11. The molecule has 1 unspecified atom stereocenters. The summed E-state index contributed by atoms with van der Waals surface area (Å²) >= 11 is 0. The van der Waals surface area contributed by atoms with Gasteiger partial charge in [-0.15, -0.1) is 0 Å². The van der Waals surface area contributed by atoms with Crippen molar-refractivity contribution < 1.29 is 4.74 Å². The molecule has 1 aromatic heterocycles. The Kier molecular flexibility index (Phi) is 3.06. The van der Waals surface area contributed by atoms with E-state index in [0.717, 1.165) is 22.9 Å². The van der Waals surface area contributed by atoms with E-state index >= 15 is 0 Å². The average molecular weight is 216 g/mol. The quantitative estimate of drug-likeness (QED) is 0.855. The first kappa shape index (κ1) is 10.9. The Morgan fingerprint density at radius 1 is 1.31 bits per heavy atom. The van der Waals surface area contributed by atoms with Crippen LogP contribution in [-0.2, 0) is 6.42 Å². The Hall–Kier alpha value is -1.61. The second-order valence-electron chi connectivity index (χ2n) is 4.03. The fourth-order valence-electron chi connectivity index (χ4n) is 1.92. The number of rotatable bonds is 3. The Bertz CT molecular complexity index is 494. The smallest absolute Gasteiger partial charge is 0.126 e. The van der Waals surface area contributed by atoms with Crippen LogP contribution in [0.2, 0.25) is 0 Å². The molecule has 84 valence electrons. The van der Waals surface area contributed by atoms with Gasteiger partial charge in [-0.2, -0.15) is 0 Å². The molecule has 0 aliphatic rings. The van der Waals surface area contributed by atoms with E-state index in [1.165, 1.54) is 5.56 Å². The number of nitrogens with two attached hydrogens (primary N) is 1. The maximum Gasteiger partial charge on any atom is 0.126 e. The maximum atomic E-state index is 5.83. The molecule has 3 nitrogen and oxygen atoms in total. The first-order valence-corrected chi connectivity index (χ1v) is 5.37. The molecule has 0 amide bonds. The Morgan fingerprint density at radius 3 is 2.81 bits per heavy atom. The highest BCUT2D eigenvalue weighted by molar-refractivity contribution is 5.90. The van der Waals surface area contributed by atoms with Crippen molar-refractivity contribution in [2.24, 2.45) is 5.73 Å². The van der Waals surface area contributed by atoms with Crippen molar-refractivity contribution in [3.63, 3.8) is 0 Å². The summed E-state index contributed by atoms with van der Waals surface area (Å²) in [6.45, 7) is 2.01. The van der Waals surface area contributed by atoms with E-state index in [0.29, 0.717) is 0 Å². The van der Waals surface area contributed by atoms with Gasteiger partial charge in [-0.25, -0.2) is 0 Å². The third-order valence-corrected chi connectivity index (χ3v) is 2.63. The molecule has 0 bridgehead atoms. The number of pyridine rings is 1. The highest BCUT2D eigenvalue weighted by Crippen LogP contribution is 2.28. The molecular weight excluding hydrogens is 200 g/mol. The van der Waals surface area contributed by atoms with E-state index in [9.17, 15) is 0 Å². The molecule has 0 radical (unpaired) electrons. The highest BCUT2D eigenvalue weighted by Gasteiger charge is 2.07. The molecule has 2 N–H and O–H groups in total. The van der Waals surface area contributed by atoms with Gasteiger partial charge in [-0.1, -0.05) is 6.07 Å². The van der Waals surface area contributed by atoms with Crippen LogP contribution in [0.3, 0.4) is 0 Å². The number of nitrogens with zero attached hydrogens (tertiary/aromatic N) is 1. The fourth-order valence-corrected chi connectivity index (χ4v) is 1.92. The standard InChI is InChI=1S/C13H16N2O/c1-9(14)7-10-3-4-13(16-2)11-5-6-15-8-12(10)11/h3-6,8-9H,7,14H2,1-2H3. The largest absolute Gasteiger partial charge is 0.496 e. The number of hydrogen-bond donors (Lipinski definition) is 1. The van der Waals surface area contributed by atoms with Crippen molar-refractivity contribution in [3.8, 4) is 5.75 Å². The van der Waals surface area contributed by atoms with Gasteiger partial charge in [-0.05, 0) is 31.0 Å². The van der Waals surface area contributed by atoms with Crippen LogP contribution in [0.15, 0.2) is 30.6 Å². The van der Waals surface area contributed by atoms with Crippen molar-refractivity contribution in [2.45, 2.75) is 19.4 Å². The van der Waals surface area contributed by atoms with E-state index < -0.39 is 0 Å². The van der Waals surface area contributed by atoms with Crippen LogP contribution in [0.1, 0.15) is 12.5 Å². The molecule has 2 rings (SSSR count). The van der Waals surface area contributed by atoms with Crippen molar-refractivity contribution in [3.05, 3.63) is 36.2 Å². The van der Waals surface area contributed by atoms with Crippen LogP contribution in [0.5, 0.6) is 5.75 Å². The molecule has 0 aliphatic carbocycles. The summed E-state index contributed by atoms with van der Waals surface area (Å²) in [7, 11) is 1.68. The molecule has 2 aromatic rings. The summed E-state index contributed by atoms with van der Waals surface area (Å²) in [5.74, 6) is 0.880. The summed E-state index contributed by atoms with van der Waals surface area (Å²) in [6.07, 6.45) is 4.50. The van der Waals surface area contributed by atoms with Crippen molar-refractivity contribution in [1.29, 1.82) is 0 Å². The number of methoxy groups -OCH3 is 1. The predicted molar refractivity (Wildman–Crippen MR) is 65.6 cm³/mol. The van der Waals surface area contributed by atoms with Crippen LogP contribution in [0, 0.1) is 0 Å². The van der Waals surface area contributed by atoms with Crippen LogP contribution >= 0.6 is 0 Å². The van der Waals surface area contributed by atoms with Crippen LogP contribution < -0.4 is 10.5 Å². The molecule has 3 heteroatoms. The zero-order chi connectivity index (χ0) is 11.5. The van der Waals surface area contributed by atoms with Gasteiger partial charge >= 0.3 is 0 Å². The normalized spacial score (nSPS) is 12.7. The number of aromatic nitrogens is 1. The number of hydrogen-bond acceptors (Lipinski definition) is 3. The molecule has 0 aliphatic heterocycles. The lowest BCUT2D eigenvalue weighted by Crippen LogP contribution is -2.17. The lowest BCUT2D eigenvalue weighted by atomic mass is 10.0. The first-order valence-electron chi connectivity index (χ1n) is 5.37. The van der Waals surface area contributed by atoms with Crippen LogP contribution in [0.4, 0.5) is 0 Å². The lowest BCUT2D eigenvalue weighted by molar-refractivity contribution is 0.419. The minimum Gasteiger partial charge on any atom is -0.496 e. The topological polar surface area (TPSA) is 48.1 Å². The summed E-state index contributed by atoms with van der Waals surface area (Å²) in [5, 5.41) is 2.22. The van der Waals surface area contributed by atoms with Crippen LogP contribution in [0.25, 0.3) is 10.8 Å². The molecule has 0 fully saturated rings. The van der Waals surface area contributed by atoms with Gasteiger partial charge in [0.25, 0.3) is 0 Å². The zero-order valence-electron chi connectivity index (χ0n) is 9.60. The summed E-state index contributed by atoms with van der Waals surface area (Å²) in [5.41, 5.74) is 7.06. The number of ether oxygens (including phenoxy) is 1. The van der Waals surface area contributed by atoms with Gasteiger partial charge in [0, 0.05) is 29.2 Å². The minimum absolute atomic E-state index is 0.150. The van der Waals surface area contributed by atoms with E-state index in [2.05, 4.69) is 11.1 Å².